The molecule has 1 aliphatic rings. The van der Waals surface area contributed by atoms with Crippen molar-refractivity contribution in [1.82, 2.24) is 10.3 Å². The van der Waals surface area contributed by atoms with E-state index in [4.69, 9.17) is 15.9 Å². The number of carbonyl (C=O) groups is 2. The molecule has 0 atom stereocenters. The van der Waals surface area contributed by atoms with Crippen molar-refractivity contribution in [2.75, 3.05) is 19.1 Å². The van der Waals surface area contributed by atoms with E-state index in [1.807, 2.05) is 42.5 Å². The number of amides is 2. The predicted octanol–water partition coefficient (Wildman–Crippen LogP) is 4.42. The highest BCUT2D eigenvalue weighted by Crippen LogP contribution is 2.42. The summed E-state index contributed by atoms with van der Waals surface area (Å²) in [5.74, 6) is 2.70. The van der Waals surface area contributed by atoms with E-state index in [1.165, 1.54) is 16.2 Å². The Balaban J connectivity index is 1.64. The molecule has 0 unspecified atom stereocenters. The summed E-state index contributed by atoms with van der Waals surface area (Å²) in [7, 11) is 3.15. The molecular formula is C27H27N3O4S. The maximum atomic E-state index is 13.7. The Kier molecular flexibility index (Phi) is 7.37. The van der Waals surface area contributed by atoms with Crippen LogP contribution in [0.4, 0.5) is 5.00 Å². The van der Waals surface area contributed by atoms with Crippen molar-refractivity contribution in [3.05, 3.63) is 60.3 Å². The molecular weight excluding hydrogens is 462 g/mol. The van der Waals surface area contributed by atoms with E-state index in [2.05, 4.69) is 16.2 Å². The minimum Gasteiger partial charge on any atom is -0.497 e. The number of benzene rings is 2. The molecule has 2 amide bonds. The molecule has 1 saturated carbocycles. The average molecular weight is 490 g/mol. The second-order valence-electron chi connectivity index (χ2n) is 8.25. The molecule has 1 N–H and O–H groups in total. The smallest absolute Gasteiger partial charge is 0.304 e. The molecule has 1 fully saturated rings. The lowest BCUT2D eigenvalue weighted by atomic mass is 9.93. The SMILES string of the molecule is C#CC(=O)N(c1cnc(-c2ccccc2)s1)C1(C(=O)NCc2ccc(OC)cc2OC)CCCC1. The molecule has 1 aliphatic carbocycles. The van der Waals surface area contributed by atoms with Crippen molar-refractivity contribution in [2.45, 2.75) is 37.8 Å². The van der Waals surface area contributed by atoms with Crippen LogP contribution in [0, 0.1) is 12.3 Å². The number of hydrogen-bond acceptors (Lipinski definition) is 6. The van der Waals surface area contributed by atoms with E-state index in [-0.39, 0.29) is 12.5 Å². The molecule has 4 rings (SSSR count). The highest BCUT2D eigenvalue weighted by atomic mass is 32.1. The second-order valence-corrected chi connectivity index (χ2v) is 9.26. The van der Waals surface area contributed by atoms with Crippen LogP contribution in [0.2, 0.25) is 0 Å². The Morgan fingerprint density at radius 2 is 1.89 bits per heavy atom. The lowest BCUT2D eigenvalue weighted by Crippen LogP contribution is -2.59. The molecule has 0 spiro atoms. The van der Waals surface area contributed by atoms with Gasteiger partial charge < -0.3 is 14.8 Å². The van der Waals surface area contributed by atoms with Crippen LogP contribution in [-0.4, -0.2) is 36.6 Å². The van der Waals surface area contributed by atoms with E-state index in [0.29, 0.717) is 29.3 Å². The summed E-state index contributed by atoms with van der Waals surface area (Å²) in [6, 6.07) is 15.1. The third-order valence-corrected chi connectivity index (χ3v) is 7.31. The number of hydrogen-bond donors (Lipinski definition) is 1. The first-order chi connectivity index (χ1) is 17.0. The summed E-state index contributed by atoms with van der Waals surface area (Å²) < 4.78 is 10.7. The Hall–Kier alpha value is -3.83. The summed E-state index contributed by atoms with van der Waals surface area (Å²) in [5, 5.41) is 4.34. The fraction of sp³-hybridized carbons (Fsp3) is 0.296. The van der Waals surface area contributed by atoms with Crippen molar-refractivity contribution in [3.8, 4) is 34.4 Å². The Labute approximate surface area is 209 Å². The molecule has 8 heteroatoms. The van der Waals surface area contributed by atoms with Crippen LogP contribution >= 0.6 is 11.3 Å². The molecule has 0 aliphatic heterocycles. The Morgan fingerprint density at radius 1 is 1.14 bits per heavy atom. The summed E-state index contributed by atoms with van der Waals surface area (Å²) in [4.78, 5) is 32.8. The molecule has 2 aromatic carbocycles. The zero-order valence-electron chi connectivity index (χ0n) is 19.7. The maximum absolute atomic E-state index is 13.7. The normalized spacial score (nSPS) is 14.1. The summed E-state index contributed by atoms with van der Waals surface area (Å²) in [6.07, 6.45) is 9.87. The van der Waals surface area contributed by atoms with Gasteiger partial charge in [-0.25, -0.2) is 4.98 Å². The Morgan fingerprint density at radius 3 is 2.54 bits per heavy atom. The summed E-state index contributed by atoms with van der Waals surface area (Å²) >= 11 is 1.35. The summed E-state index contributed by atoms with van der Waals surface area (Å²) in [6.45, 7) is 0.240. The van der Waals surface area contributed by atoms with Crippen LogP contribution in [0.15, 0.2) is 54.7 Å². The van der Waals surface area contributed by atoms with Crippen LogP contribution in [-0.2, 0) is 16.1 Å². The van der Waals surface area contributed by atoms with Gasteiger partial charge in [0.25, 0.3) is 0 Å². The van der Waals surface area contributed by atoms with Crippen molar-refractivity contribution in [3.63, 3.8) is 0 Å². The lowest BCUT2D eigenvalue weighted by Gasteiger charge is -2.37. The fourth-order valence-corrected chi connectivity index (χ4v) is 5.51. The number of thiazole rings is 1. The molecule has 3 aromatic rings. The number of ether oxygens (including phenoxy) is 2. The highest BCUT2D eigenvalue weighted by Gasteiger charge is 2.49. The second kappa shape index (κ2) is 10.6. The molecule has 35 heavy (non-hydrogen) atoms. The molecule has 180 valence electrons. The summed E-state index contributed by atoms with van der Waals surface area (Å²) in [5.41, 5.74) is 0.658. The lowest BCUT2D eigenvalue weighted by molar-refractivity contribution is -0.129. The number of anilines is 1. The van der Waals surface area contributed by atoms with Gasteiger partial charge in [0.1, 0.15) is 27.0 Å². The zero-order chi connectivity index (χ0) is 24.8. The average Bonchev–Trinajstić information content (AvgIpc) is 3.59. The van der Waals surface area contributed by atoms with E-state index < -0.39 is 11.4 Å². The third-order valence-electron chi connectivity index (χ3n) is 6.28. The van der Waals surface area contributed by atoms with Crippen molar-refractivity contribution >= 4 is 28.2 Å². The van der Waals surface area contributed by atoms with Gasteiger partial charge in [-0.15, -0.1) is 6.42 Å². The molecule has 0 bridgehead atoms. The highest BCUT2D eigenvalue weighted by molar-refractivity contribution is 7.19. The van der Waals surface area contributed by atoms with Gasteiger partial charge in [0.05, 0.1) is 20.4 Å². The van der Waals surface area contributed by atoms with Gasteiger partial charge >= 0.3 is 5.91 Å². The standard InChI is InChI=1S/C27H27N3O4S/c1-4-23(31)30(24-18-28-25(35-24)19-10-6-5-7-11-19)27(14-8-9-15-27)26(32)29-17-20-12-13-21(33-2)16-22(20)34-3/h1,5-7,10-13,16,18H,8-9,14-15,17H2,2-3H3,(H,29,32). The monoisotopic (exact) mass is 489 g/mol. The number of nitrogens with one attached hydrogen (secondary N) is 1. The van der Waals surface area contributed by atoms with Gasteiger partial charge in [0.2, 0.25) is 5.91 Å². The maximum Gasteiger partial charge on any atom is 0.304 e. The predicted molar refractivity (Wildman–Crippen MR) is 136 cm³/mol. The number of aromatic nitrogens is 1. The largest absolute Gasteiger partial charge is 0.497 e. The van der Waals surface area contributed by atoms with Gasteiger partial charge in [0, 0.05) is 23.7 Å². The van der Waals surface area contributed by atoms with Gasteiger partial charge in [-0.3, -0.25) is 14.5 Å². The minimum absolute atomic E-state index is 0.240. The minimum atomic E-state index is -1.08. The van der Waals surface area contributed by atoms with Crippen molar-refractivity contribution in [1.29, 1.82) is 0 Å². The number of methoxy groups -OCH3 is 2. The number of terminal acetylenes is 1. The van der Waals surface area contributed by atoms with Crippen LogP contribution in [0.1, 0.15) is 31.2 Å². The Bertz CT molecular complexity index is 1240. The van der Waals surface area contributed by atoms with Gasteiger partial charge in [0.15, 0.2) is 0 Å². The zero-order valence-corrected chi connectivity index (χ0v) is 20.6. The van der Waals surface area contributed by atoms with E-state index in [9.17, 15) is 9.59 Å². The van der Waals surface area contributed by atoms with Gasteiger partial charge in [-0.1, -0.05) is 54.5 Å². The fourth-order valence-electron chi connectivity index (χ4n) is 4.50. The van der Waals surface area contributed by atoms with Crippen LogP contribution in [0.3, 0.4) is 0 Å². The molecule has 0 radical (unpaired) electrons. The van der Waals surface area contributed by atoms with Crippen LogP contribution in [0.25, 0.3) is 10.6 Å². The number of rotatable bonds is 8. The molecule has 0 saturated heterocycles. The van der Waals surface area contributed by atoms with Crippen molar-refractivity contribution in [2.24, 2.45) is 0 Å². The van der Waals surface area contributed by atoms with E-state index >= 15 is 0 Å². The van der Waals surface area contributed by atoms with E-state index in [1.54, 1.807) is 26.5 Å². The molecule has 1 aromatic heterocycles. The number of nitrogens with zero attached hydrogens (tertiary/aromatic N) is 2. The first kappa shape index (κ1) is 24.3. The van der Waals surface area contributed by atoms with Crippen LogP contribution in [0.5, 0.6) is 11.5 Å². The first-order valence-corrected chi connectivity index (χ1v) is 12.2. The third kappa shape index (κ3) is 4.86. The first-order valence-electron chi connectivity index (χ1n) is 11.3. The molecule has 7 nitrogen and oxygen atoms in total. The number of carbonyl (C=O) groups excluding carboxylic acids is 2. The van der Waals surface area contributed by atoms with Crippen molar-refractivity contribution < 1.29 is 19.1 Å². The quantitative estimate of drug-likeness (QED) is 0.474. The van der Waals surface area contributed by atoms with Gasteiger partial charge in [-0.2, -0.15) is 0 Å². The van der Waals surface area contributed by atoms with E-state index in [0.717, 1.165) is 29.0 Å². The topological polar surface area (TPSA) is 80.8 Å². The van der Waals surface area contributed by atoms with Gasteiger partial charge in [-0.05, 0) is 30.9 Å². The molecule has 1 heterocycles. The van der Waals surface area contributed by atoms with Crippen LogP contribution < -0.4 is 19.7 Å².